The highest BCUT2D eigenvalue weighted by atomic mass is 35.5. The Hall–Kier alpha value is -1.79. The zero-order valence-electron chi connectivity index (χ0n) is 14.3. The van der Waals surface area contributed by atoms with Crippen LogP contribution in [0.2, 0.25) is 10.0 Å². The highest BCUT2D eigenvalue weighted by molar-refractivity contribution is 6.42. The Labute approximate surface area is 161 Å². The number of hydrogen-bond donors (Lipinski definition) is 2. The fourth-order valence-electron chi connectivity index (χ4n) is 3.25. The zero-order chi connectivity index (χ0) is 19.3. The van der Waals surface area contributed by atoms with Gasteiger partial charge in [-0.25, -0.2) is 0 Å². The number of methoxy groups -OCH3 is 1. The third-order valence-corrected chi connectivity index (χ3v) is 5.42. The van der Waals surface area contributed by atoms with Crippen LogP contribution in [0.5, 0.6) is 0 Å². The Morgan fingerprint density at radius 1 is 1.19 bits per heavy atom. The highest BCUT2D eigenvalue weighted by Gasteiger charge is 2.36. The lowest BCUT2D eigenvalue weighted by Crippen LogP contribution is -2.41. The summed E-state index contributed by atoms with van der Waals surface area (Å²) in [6, 6.07) is 4.14. The van der Waals surface area contributed by atoms with Crippen molar-refractivity contribution in [3.8, 4) is 0 Å². The number of amides is 1. The number of carbonyl (C=O) groups is 3. The van der Waals surface area contributed by atoms with Gasteiger partial charge in [-0.2, -0.15) is 0 Å². The van der Waals surface area contributed by atoms with Crippen molar-refractivity contribution < 1.29 is 24.2 Å². The van der Waals surface area contributed by atoms with Gasteiger partial charge in [0, 0.05) is 0 Å². The van der Waals surface area contributed by atoms with E-state index in [4.69, 9.17) is 27.9 Å². The topological polar surface area (TPSA) is 92.7 Å². The van der Waals surface area contributed by atoms with E-state index in [-0.39, 0.29) is 12.3 Å². The van der Waals surface area contributed by atoms with Crippen LogP contribution in [0, 0.1) is 11.8 Å². The van der Waals surface area contributed by atoms with Crippen LogP contribution in [0.4, 0.5) is 0 Å². The molecule has 0 unspecified atom stereocenters. The summed E-state index contributed by atoms with van der Waals surface area (Å²) >= 11 is 12.0. The maximum absolute atomic E-state index is 12.7. The molecule has 26 heavy (non-hydrogen) atoms. The number of rotatable bonds is 6. The Kier molecular flexibility index (Phi) is 7.29. The molecule has 3 atom stereocenters. The number of carboxylic acid groups (broad SMARTS) is 1. The maximum Gasteiger partial charge on any atom is 0.307 e. The van der Waals surface area contributed by atoms with E-state index in [0.717, 1.165) is 12.8 Å². The van der Waals surface area contributed by atoms with Gasteiger partial charge in [-0.1, -0.05) is 42.1 Å². The normalized spacial score (nSPS) is 20.9. The Bertz CT molecular complexity index is 694. The molecule has 0 heterocycles. The van der Waals surface area contributed by atoms with Crippen molar-refractivity contribution in [1.82, 2.24) is 5.32 Å². The van der Waals surface area contributed by atoms with Crippen LogP contribution in [-0.4, -0.2) is 30.1 Å². The zero-order valence-corrected chi connectivity index (χ0v) is 15.8. The molecule has 0 spiro atoms. The third-order valence-electron chi connectivity index (χ3n) is 4.68. The number of esters is 1. The lowest BCUT2D eigenvalue weighted by atomic mass is 9.78. The molecule has 0 radical (unpaired) electrons. The van der Waals surface area contributed by atoms with Gasteiger partial charge >= 0.3 is 11.9 Å². The second-order valence-corrected chi connectivity index (χ2v) is 7.17. The lowest BCUT2D eigenvalue weighted by molar-refractivity contribution is -0.149. The van der Waals surface area contributed by atoms with E-state index < -0.39 is 29.8 Å². The molecule has 1 aliphatic carbocycles. The van der Waals surface area contributed by atoms with Crippen LogP contribution in [-0.2, 0) is 19.1 Å². The molecule has 1 fully saturated rings. The van der Waals surface area contributed by atoms with E-state index in [0.29, 0.717) is 28.5 Å². The summed E-state index contributed by atoms with van der Waals surface area (Å²) in [4.78, 5) is 35.9. The van der Waals surface area contributed by atoms with E-state index >= 15 is 0 Å². The smallest absolute Gasteiger partial charge is 0.307 e. The van der Waals surface area contributed by atoms with Crippen molar-refractivity contribution in [2.75, 3.05) is 7.11 Å². The van der Waals surface area contributed by atoms with Gasteiger partial charge in [0.25, 0.3) is 0 Å². The standard InChI is InChI=1S/C18H21Cl2NO5/c1-26-16(22)9-15(10-6-7-13(19)14(20)8-10)21-17(23)11-4-2-3-5-12(11)18(24)25/h6-8,11-12,15H,2-5,9H2,1H3,(H,21,23)(H,24,25)/t11-,12-,15+/m0/s1. The molecule has 2 rings (SSSR count). The molecule has 1 aromatic carbocycles. The Morgan fingerprint density at radius 3 is 2.42 bits per heavy atom. The van der Waals surface area contributed by atoms with Gasteiger partial charge in [0.05, 0.1) is 41.5 Å². The van der Waals surface area contributed by atoms with E-state index in [2.05, 4.69) is 5.32 Å². The van der Waals surface area contributed by atoms with Crippen LogP contribution in [0.15, 0.2) is 18.2 Å². The second-order valence-electron chi connectivity index (χ2n) is 6.35. The number of carbonyl (C=O) groups excluding carboxylic acids is 2. The van der Waals surface area contributed by atoms with Crippen molar-refractivity contribution in [2.45, 2.75) is 38.1 Å². The molecule has 1 saturated carbocycles. The summed E-state index contributed by atoms with van der Waals surface area (Å²) in [6.07, 6.45) is 2.48. The predicted molar refractivity (Wildman–Crippen MR) is 97.1 cm³/mol. The van der Waals surface area contributed by atoms with Crippen LogP contribution >= 0.6 is 23.2 Å². The quantitative estimate of drug-likeness (QED) is 0.710. The number of benzene rings is 1. The van der Waals surface area contributed by atoms with Crippen molar-refractivity contribution >= 4 is 41.0 Å². The van der Waals surface area contributed by atoms with Gasteiger partial charge in [0.15, 0.2) is 0 Å². The van der Waals surface area contributed by atoms with E-state index in [1.807, 2.05) is 0 Å². The van der Waals surface area contributed by atoms with Crippen molar-refractivity contribution in [2.24, 2.45) is 11.8 Å². The first-order valence-corrected chi connectivity index (χ1v) is 9.14. The van der Waals surface area contributed by atoms with Crippen LogP contribution in [0.3, 0.4) is 0 Å². The van der Waals surface area contributed by atoms with Crippen LogP contribution in [0.1, 0.15) is 43.7 Å². The molecular formula is C18H21Cl2NO5. The average molecular weight is 402 g/mol. The minimum absolute atomic E-state index is 0.0926. The first kappa shape index (κ1) is 20.5. The van der Waals surface area contributed by atoms with Crippen LogP contribution < -0.4 is 5.32 Å². The maximum atomic E-state index is 12.7. The van der Waals surface area contributed by atoms with E-state index in [1.54, 1.807) is 18.2 Å². The summed E-state index contributed by atoms with van der Waals surface area (Å²) in [5.74, 6) is -3.18. The van der Waals surface area contributed by atoms with Gasteiger partial charge in [-0.05, 0) is 30.5 Å². The van der Waals surface area contributed by atoms with E-state index in [9.17, 15) is 19.5 Å². The third kappa shape index (κ3) is 5.11. The van der Waals surface area contributed by atoms with E-state index in [1.165, 1.54) is 7.11 Å². The number of halogens is 2. The minimum atomic E-state index is -0.969. The molecule has 1 aliphatic rings. The number of carboxylic acids is 1. The summed E-state index contributed by atoms with van der Waals surface area (Å²) in [7, 11) is 1.26. The fraction of sp³-hybridized carbons (Fsp3) is 0.500. The summed E-state index contributed by atoms with van der Waals surface area (Å²) < 4.78 is 4.70. The van der Waals surface area contributed by atoms with Crippen molar-refractivity contribution in [3.63, 3.8) is 0 Å². The van der Waals surface area contributed by atoms with Gasteiger partial charge in [0.1, 0.15) is 0 Å². The first-order chi connectivity index (χ1) is 12.3. The van der Waals surface area contributed by atoms with Crippen molar-refractivity contribution in [1.29, 1.82) is 0 Å². The number of hydrogen-bond acceptors (Lipinski definition) is 4. The van der Waals surface area contributed by atoms with Gasteiger partial charge < -0.3 is 15.2 Å². The summed E-state index contributed by atoms with van der Waals surface area (Å²) in [5.41, 5.74) is 0.598. The lowest BCUT2D eigenvalue weighted by Gasteiger charge is -2.29. The summed E-state index contributed by atoms with van der Waals surface area (Å²) in [6.45, 7) is 0. The minimum Gasteiger partial charge on any atom is -0.481 e. The molecule has 0 aromatic heterocycles. The van der Waals surface area contributed by atoms with Gasteiger partial charge in [0.2, 0.25) is 5.91 Å². The molecule has 142 valence electrons. The monoisotopic (exact) mass is 401 g/mol. The molecule has 6 nitrogen and oxygen atoms in total. The average Bonchev–Trinajstić information content (AvgIpc) is 2.63. The number of aliphatic carboxylic acids is 1. The summed E-state index contributed by atoms with van der Waals surface area (Å²) in [5, 5.41) is 12.8. The largest absolute Gasteiger partial charge is 0.481 e. The highest BCUT2D eigenvalue weighted by Crippen LogP contribution is 2.32. The number of ether oxygens (including phenoxy) is 1. The molecule has 1 amide bonds. The fourth-order valence-corrected chi connectivity index (χ4v) is 3.56. The predicted octanol–water partition coefficient (Wildman–Crippen LogP) is 3.60. The van der Waals surface area contributed by atoms with Crippen molar-refractivity contribution in [3.05, 3.63) is 33.8 Å². The molecule has 0 bridgehead atoms. The Balaban J connectivity index is 2.22. The molecule has 0 aliphatic heterocycles. The SMILES string of the molecule is COC(=O)C[C@@H](NC(=O)[C@H]1CCCC[C@@H]1C(=O)O)c1ccc(Cl)c(Cl)c1. The molecule has 8 heteroatoms. The Morgan fingerprint density at radius 2 is 1.85 bits per heavy atom. The molecule has 1 aromatic rings. The molecule has 2 N–H and O–H groups in total. The van der Waals surface area contributed by atoms with Gasteiger partial charge in [-0.3, -0.25) is 14.4 Å². The number of nitrogens with one attached hydrogen (secondary N) is 1. The molecule has 0 saturated heterocycles. The molecular weight excluding hydrogens is 381 g/mol. The second kappa shape index (κ2) is 9.24. The van der Waals surface area contributed by atoms with Gasteiger partial charge in [-0.15, -0.1) is 0 Å². The van der Waals surface area contributed by atoms with Crippen LogP contribution in [0.25, 0.3) is 0 Å². The first-order valence-electron chi connectivity index (χ1n) is 8.38.